The first-order chi connectivity index (χ1) is 10.3. The summed E-state index contributed by atoms with van der Waals surface area (Å²) in [6.45, 7) is 1.13. The maximum Gasteiger partial charge on any atom is 0.108 e. The molecule has 3 rings (SSSR count). The van der Waals surface area contributed by atoms with E-state index in [0.717, 1.165) is 25.4 Å². The van der Waals surface area contributed by atoms with Crippen LogP contribution in [0.3, 0.4) is 0 Å². The number of hydrogen-bond acceptors (Lipinski definition) is 2. The number of aryl methyl sites for hydroxylation is 2. The molecule has 0 bridgehead atoms. The fourth-order valence-electron chi connectivity index (χ4n) is 2.82. The highest BCUT2D eigenvalue weighted by Gasteiger charge is 2.22. The summed E-state index contributed by atoms with van der Waals surface area (Å²) in [6, 6.07) is 11.6. The van der Waals surface area contributed by atoms with Crippen molar-refractivity contribution in [2.75, 3.05) is 6.54 Å². The molecule has 1 heterocycles. The molecular weight excluding hydrogens is 258 g/mol. The second-order valence-electron chi connectivity index (χ2n) is 6.23. The second-order valence-corrected chi connectivity index (χ2v) is 6.23. The van der Waals surface area contributed by atoms with Gasteiger partial charge in [0.2, 0.25) is 0 Å². The molecule has 0 spiro atoms. The van der Waals surface area contributed by atoms with Crippen molar-refractivity contribution in [3.63, 3.8) is 0 Å². The number of nitrogens with one attached hydrogen (secondary N) is 1. The summed E-state index contributed by atoms with van der Waals surface area (Å²) in [5.74, 6) is 1.88. The van der Waals surface area contributed by atoms with E-state index in [2.05, 4.69) is 52.2 Å². The zero-order chi connectivity index (χ0) is 14.5. The SMILES string of the molecule is Cn1ccnc1CCC(CNC1CC1)Cc1ccccc1. The molecule has 0 amide bonds. The van der Waals surface area contributed by atoms with Crippen molar-refractivity contribution in [1.82, 2.24) is 14.9 Å². The Morgan fingerprint density at radius 3 is 2.76 bits per heavy atom. The first kappa shape index (κ1) is 14.3. The first-order valence-electron chi connectivity index (χ1n) is 8.05. The molecule has 3 nitrogen and oxygen atoms in total. The largest absolute Gasteiger partial charge is 0.338 e. The van der Waals surface area contributed by atoms with Crippen LogP contribution in [0, 0.1) is 5.92 Å². The van der Waals surface area contributed by atoms with Crippen LogP contribution in [-0.2, 0) is 19.9 Å². The maximum absolute atomic E-state index is 4.44. The normalized spacial score (nSPS) is 16.0. The van der Waals surface area contributed by atoms with Gasteiger partial charge in [0.15, 0.2) is 0 Å². The third-order valence-corrected chi connectivity index (χ3v) is 4.34. The van der Waals surface area contributed by atoms with Crippen LogP contribution in [0.2, 0.25) is 0 Å². The lowest BCUT2D eigenvalue weighted by Gasteiger charge is -2.18. The Morgan fingerprint density at radius 1 is 1.29 bits per heavy atom. The predicted molar refractivity (Wildman–Crippen MR) is 86.2 cm³/mol. The predicted octanol–water partition coefficient (Wildman–Crippen LogP) is 2.96. The second kappa shape index (κ2) is 6.90. The van der Waals surface area contributed by atoms with E-state index >= 15 is 0 Å². The van der Waals surface area contributed by atoms with Gasteiger partial charge >= 0.3 is 0 Å². The third kappa shape index (κ3) is 4.43. The quantitative estimate of drug-likeness (QED) is 0.807. The van der Waals surface area contributed by atoms with Crippen molar-refractivity contribution in [3.8, 4) is 0 Å². The summed E-state index contributed by atoms with van der Waals surface area (Å²) in [5.41, 5.74) is 1.44. The van der Waals surface area contributed by atoms with Crippen LogP contribution in [0.5, 0.6) is 0 Å². The van der Waals surface area contributed by atoms with Crippen LogP contribution in [-0.4, -0.2) is 22.1 Å². The van der Waals surface area contributed by atoms with Gasteiger partial charge in [-0.1, -0.05) is 30.3 Å². The molecule has 1 aromatic carbocycles. The van der Waals surface area contributed by atoms with Crippen LogP contribution < -0.4 is 5.32 Å². The zero-order valence-corrected chi connectivity index (χ0v) is 12.8. The Morgan fingerprint density at radius 2 is 2.10 bits per heavy atom. The minimum Gasteiger partial charge on any atom is -0.338 e. The summed E-state index contributed by atoms with van der Waals surface area (Å²) in [6.07, 6.45) is 10.1. The van der Waals surface area contributed by atoms with E-state index in [1.807, 2.05) is 12.4 Å². The number of nitrogens with zero attached hydrogens (tertiary/aromatic N) is 2. The van der Waals surface area contributed by atoms with Gasteiger partial charge in [-0.05, 0) is 43.7 Å². The summed E-state index contributed by atoms with van der Waals surface area (Å²) < 4.78 is 2.13. The molecule has 2 aromatic rings. The lowest BCUT2D eigenvalue weighted by Crippen LogP contribution is -2.26. The van der Waals surface area contributed by atoms with Gasteiger partial charge < -0.3 is 9.88 Å². The van der Waals surface area contributed by atoms with E-state index in [4.69, 9.17) is 0 Å². The maximum atomic E-state index is 4.44. The minimum atomic E-state index is 0.685. The van der Waals surface area contributed by atoms with Crippen molar-refractivity contribution in [2.45, 2.75) is 38.1 Å². The third-order valence-electron chi connectivity index (χ3n) is 4.34. The Kier molecular flexibility index (Phi) is 4.71. The summed E-state index contributed by atoms with van der Waals surface area (Å²) >= 11 is 0. The van der Waals surface area contributed by atoms with E-state index in [9.17, 15) is 0 Å². The molecule has 1 unspecified atom stereocenters. The van der Waals surface area contributed by atoms with Gasteiger partial charge in [-0.3, -0.25) is 0 Å². The molecule has 1 aliphatic carbocycles. The lowest BCUT2D eigenvalue weighted by molar-refractivity contribution is 0.436. The summed E-state index contributed by atoms with van der Waals surface area (Å²) in [4.78, 5) is 4.44. The van der Waals surface area contributed by atoms with Crippen LogP contribution in [0.1, 0.15) is 30.7 Å². The summed E-state index contributed by atoms with van der Waals surface area (Å²) in [7, 11) is 2.08. The van der Waals surface area contributed by atoms with Gasteiger partial charge in [0, 0.05) is 31.9 Å². The smallest absolute Gasteiger partial charge is 0.108 e. The van der Waals surface area contributed by atoms with Gasteiger partial charge in [0.05, 0.1) is 0 Å². The highest BCUT2D eigenvalue weighted by Crippen LogP contribution is 2.21. The van der Waals surface area contributed by atoms with E-state index in [1.54, 1.807) is 0 Å². The van der Waals surface area contributed by atoms with E-state index in [-0.39, 0.29) is 0 Å². The number of rotatable bonds is 8. The molecule has 1 saturated carbocycles. The van der Waals surface area contributed by atoms with E-state index in [0.29, 0.717) is 5.92 Å². The monoisotopic (exact) mass is 283 g/mol. The molecule has 1 aliphatic rings. The van der Waals surface area contributed by atoms with Crippen LogP contribution in [0.4, 0.5) is 0 Å². The Bertz CT molecular complexity index is 543. The van der Waals surface area contributed by atoms with Gasteiger partial charge in [0.25, 0.3) is 0 Å². The number of imidazole rings is 1. The molecule has 0 saturated heterocycles. The van der Waals surface area contributed by atoms with Gasteiger partial charge in [-0.2, -0.15) is 0 Å². The lowest BCUT2D eigenvalue weighted by atomic mass is 9.94. The fourth-order valence-corrected chi connectivity index (χ4v) is 2.82. The van der Waals surface area contributed by atoms with Crippen molar-refractivity contribution in [1.29, 1.82) is 0 Å². The molecule has 3 heteroatoms. The summed E-state index contributed by atoms with van der Waals surface area (Å²) in [5, 5.41) is 3.69. The molecule has 0 aliphatic heterocycles. The Balaban J connectivity index is 1.56. The van der Waals surface area contributed by atoms with Gasteiger partial charge in [-0.15, -0.1) is 0 Å². The van der Waals surface area contributed by atoms with Crippen molar-refractivity contribution < 1.29 is 0 Å². The van der Waals surface area contributed by atoms with E-state index < -0.39 is 0 Å². The zero-order valence-electron chi connectivity index (χ0n) is 12.8. The van der Waals surface area contributed by atoms with Crippen molar-refractivity contribution in [3.05, 3.63) is 54.1 Å². The topological polar surface area (TPSA) is 29.9 Å². The fraction of sp³-hybridized carbons (Fsp3) is 0.500. The van der Waals surface area contributed by atoms with Gasteiger partial charge in [0.1, 0.15) is 5.82 Å². The number of aromatic nitrogens is 2. The molecule has 1 aromatic heterocycles. The van der Waals surface area contributed by atoms with E-state index in [1.165, 1.54) is 30.7 Å². The number of benzene rings is 1. The standard InChI is InChI=1S/C18H25N3/c1-21-12-11-19-18(21)10-7-16(14-20-17-8-9-17)13-15-5-3-2-4-6-15/h2-6,11-12,16-17,20H,7-10,13-14H2,1H3. The highest BCUT2D eigenvalue weighted by molar-refractivity contribution is 5.15. The Hall–Kier alpha value is -1.61. The van der Waals surface area contributed by atoms with Crippen LogP contribution >= 0.6 is 0 Å². The first-order valence-corrected chi connectivity index (χ1v) is 8.05. The minimum absolute atomic E-state index is 0.685. The number of hydrogen-bond donors (Lipinski definition) is 1. The van der Waals surface area contributed by atoms with Crippen LogP contribution in [0.25, 0.3) is 0 Å². The molecule has 21 heavy (non-hydrogen) atoms. The molecule has 112 valence electrons. The highest BCUT2D eigenvalue weighted by atomic mass is 15.0. The molecule has 0 radical (unpaired) electrons. The average Bonchev–Trinajstić information content (AvgIpc) is 3.25. The molecule has 1 fully saturated rings. The average molecular weight is 283 g/mol. The molecular formula is C18H25N3. The van der Waals surface area contributed by atoms with Gasteiger partial charge in [-0.25, -0.2) is 4.98 Å². The molecule has 1 atom stereocenters. The van der Waals surface area contributed by atoms with Crippen molar-refractivity contribution >= 4 is 0 Å². The van der Waals surface area contributed by atoms with Crippen molar-refractivity contribution in [2.24, 2.45) is 13.0 Å². The Labute approximate surface area is 127 Å². The van der Waals surface area contributed by atoms with Crippen LogP contribution in [0.15, 0.2) is 42.7 Å². The molecule has 1 N–H and O–H groups in total.